The predicted molar refractivity (Wildman–Crippen MR) is 102 cm³/mol. The van der Waals surface area contributed by atoms with Crippen molar-refractivity contribution in [2.45, 2.75) is 29.5 Å². The highest BCUT2D eigenvalue weighted by Gasteiger charge is 2.32. The summed E-state index contributed by atoms with van der Waals surface area (Å²) < 4.78 is 97.3. The maximum atomic E-state index is 12.7. The van der Waals surface area contributed by atoms with Crippen molar-refractivity contribution >= 4 is 42.9 Å². The van der Waals surface area contributed by atoms with Gasteiger partial charge in [0.1, 0.15) is 15.5 Å². The van der Waals surface area contributed by atoms with E-state index in [-0.39, 0.29) is 17.1 Å². The Kier molecular flexibility index (Phi) is 7.04. The van der Waals surface area contributed by atoms with Gasteiger partial charge in [0.15, 0.2) is 9.84 Å². The van der Waals surface area contributed by atoms with E-state index in [4.69, 9.17) is 0 Å². The van der Waals surface area contributed by atoms with Crippen molar-refractivity contribution in [1.29, 1.82) is 0 Å². The summed E-state index contributed by atoms with van der Waals surface area (Å²) in [5, 5.41) is 1.12. The fourth-order valence-electron chi connectivity index (χ4n) is 2.30. The first kappa shape index (κ1) is 24.0. The normalized spacial score (nSPS) is 12.4. The van der Waals surface area contributed by atoms with Crippen LogP contribution in [0.1, 0.15) is 23.0 Å². The number of esters is 1. The van der Waals surface area contributed by atoms with Gasteiger partial charge in [-0.05, 0) is 30.7 Å². The van der Waals surface area contributed by atoms with Crippen LogP contribution in [0.3, 0.4) is 0 Å². The van der Waals surface area contributed by atoms with Crippen LogP contribution in [0.15, 0.2) is 39.4 Å². The van der Waals surface area contributed by atoms with E-state index in [2.05, 4.69) is 9.47 Å². The predicted octanol–water partition coefficient (Wildman–Crippen LogP) is 3.42. The quantitative estimate of drug-likeness (QED) is 0.567. The average molecular weight is 487 g/mol. The lowest BCUT2D eigenvalue weighted by molar-refractivity contribution is -0.274. The first-order valence-corrected chi connectivity index (χ1v) is 12.1. The Morgan fingerprint density at radius 3 is 2.23 bits per heavy atom. The molecule has 14 heteroatoms. The zero-order chi connectivity index (χ0) is 22.7. The van der Waals surface area contributed by atoms with Gasteiger partial charge in [0.05, 0.1) is 23.4 Å². The van der Waals surface area contributed by atoms with Gasteiger partial charge in [0.25, 0.3) is 10.0 Å². The summed E-state index contributed by atoms with van der Waals surface area (Å²) in [6.45, 7) is 1.61. The topological polar surface area (TPSA) is 116 Å². The number of halogens is 3. The van der Waals surface area contributed by atoms with Crippen molar-refractivity contribution in [1.82, 2.24) is 0 Å². The van der Waals surface area contributed by atoms with Crippen LogP contribution in [0.4, 0.5) is 18.9 Å². The Bertz CT molecular complexity index is 1120. The fourth-order valence-corrected chi connectivity index (χ4v) is 6.34. The number of anilines is 1. The fraction of sp³-hybridized carbons (Fsp3) is 0.312. The van der Waals surface area contributed by atoms with E-state index in [9.17, 15) is 34.8 Å². The number of alkyl halides is 3. The van der Waals surface area contributed by atoms with Gasteiger partial charge in [0.2, 0.25) is 0 Å². The molecule has 0 atom stereocenters. The Balaban J connectivity index is 2.47. The smallest absolute Gasteiger partial charge is 0.465 e. The van der Waals surface area contributed by atoms with Crippen molar-refractivity contribution in [2.75, 3.05) is 17.6 Å². The molecule has 30 heavy (non-hydrogen) atoms. The maximum absolute atomic E-state index is 12.7. The van der Waals surface area contributed by atoms with Crippen LogP contribution >= 0.6 is 11.3 Å². The van der Waals surface area contributed by atoms with E-state index in [1.807, 2.05) is 4.72 Å². The minimum atomic E-state index is -4.95. The third-order valence-electron chi connectivity index (χ3n) is 3.54. The minimum Gasteiger partial charge on any atom is -0.465 e. The van der Waals surface area contributed by atoms with Crippen LogP contribution in [-0.4, -0.2) is 42.0 Å². The molecule has 1 heterocycles. The van der Waals surface area contributed by atoms with Crippen molar-refractivity contribution in [3.63, 3.8) is 0 Å². The molecule has 0 unspecified atom stereocenters. The molecule has 0 aliphatic heterocycles. The third-order valence-corrected chi connectivity index (χ3v) is 7.95. The van der Waals surface area contributed by atoms with Gasteiger partial charge in [-0.2, -0.15) is 0 Å². The summed E-state index contributed by atoms with van der Waals surface area (Å²) >= 11 is 0.681. The summed E-state index contributed by atoms with van der Waals surface area (Å²) in [5.41, 5.74) is -0.476. The van der Waals surface area contributed by atoms with E-state index >= 15 is 0 Å². The maximum Gasteiger partial charge on any atom is 0.573 e. The number of rotatable bonds is 8. The summed E-state index contributed by atoms with van der Waals surface area (Å²) in [4.78, 5) is 10.8. The molecule has 0 fully saturated rings. The van der Waals surface area contributed by atoms with Crippen LogP contribution in [0, 0.1) is 0 Å². The van der Waals surface area contributed by atoms with E-state index in [1.165, 1.54) is 0 Å². The number of hydrogen-bond donors (Lipinski definition) is 1. The summed E-state index contributed by atoms with van der Waals surface area (Å²) in [6, 6.07) is 3.25. The molecule has 1 N–H and O–H groups in total. The molecular weight excluding hydrogens is 471 g/mol. The first-order chi connectivity index (χ1) is 13.8. The van der Waals surface area contributed by atoms with E-state index < -0.39 is 53.4 Å². The lowest BCUT2D eigenvalue weighted by Gasteiger charge is -2.12. The van der Waals surface area contributed by atoms with E-state index in [0.717, 1.165) is 36.8 Å². The van der Waals surface area contributed by atoms with E-state index in [1.54, 1.807) is 6.92 Å². The van der Waals surface area contributed by atoms with Crippen LogP contribution in [0.25, 0.3) is 0 Å². The van der Waals surface area contributed by atoms with Crippen LogP contribution in [-0.2, 0) is 24.6 Å². The number of carbonyl (C=O) groups excluding carboxylic acids is 1. The standard InChI is InChI=1S/C16H16F3NO7S3/c1-3-8-29(22,23)12-9-28-14(15(21)26-2)13(12)20-30(24,25)11-6-4-10(5-7-11)27-16(17,18)19/h4-7,9,20H,3,8H2,1-2H3. The Hall–Kier alpha value is -2.32. The van der Waals surface area contributed by atoms with Gasteiger partial charge in [-0.25, -0.2) is 21.6 Å². The van der Waals surface area contributed by atoms with Gasteiger partial charge in [-0.1, -0.05) is 6.92 Å². The number of sulfonamides is 1. The molecule has 8 nitrogen and oxygen atoms in total. The number of carbonyl (C=O) groups is 1. The Labute approximate surface area is 174 Å². The number of ether oxygens (including phenoxy) is 2. The Morgan fingerprint density at radius 2 is 1.73 bits per heavy atom. The van der Waals surface area contributed by atoms with Gasteiger partial charge >= 0.3 is 12.3 Å². The molecule has 0 aliphatic rings. The molecule has 166 valence electrons. The Morgan fingerprint density at radius 1 is 1.13 bits per heavy atom. The molecule has 0 amide bonds. The second-order valence-corrected chi connectivity index (χ2v) is 10.4. The highest BCUT2D eigenvalue weighted by Crippen LogP contribution is 2.35. The number of nitrogens with one attached hydrogen (secondary N) is 1. The molecule has 0 aliphatic carbocycles. The summed E-state index contributed by atoms with van der Waals surface area (Å²) in [7, 11) is -7.33. The molecule has 2 rings (SSSR count). The van der Waals surface area contributed by atoms with E-state index in [0.29, 0.717) is 11.3 Å². The zero-order valence-corrected chi connectivity index (χ0v) is 18.0. The lowest BCUT2D eigenvalue weighted by atomic mass is 10.3. The van der Waals surface area contributed by atoms with Crippen LogP contribution in [0.2, 0.25) is 0 Å². The monoisotopic (exact) mass is 487 g/mol. The van der Waals surface area contributed by atoms with Crippen molar-refractivity contribution < 1.29 is 44.3 Å². The van der Waals surface area contributed by atoms with Crippen LogP contribution < -0.4 is 9.46 Å². The van der Waals surface area contributed by atoms with Crippen molar-refractivity contribution in [3.8, 4) is 5.75 Å². The second-order valence-electron chi connectivity index (χ2n) is 5.74. The van der Waals surface area contributed by atoms with Gasteiger partial charge in [-0.15, -0.1) is 24.5 Å². The molecule has 0 saturated heterocycles. The molecule has 0 saturated carbocycles. The molecule has 2 aromatic rings. The number of thiophene rings is 1. The number of sulfone groups is 1. The zero-order valence-electron chi connectivity index (χ0n) is 15.5. The number of methoxy groups -OCH3 is 1. The van der Waals surface area contributed by atoms with Crippen molar-refractivity contribution in [2.24, 2.45) is 0 Å². The highest BCUT2D eigenvalue weighted by molar-refractivity contribution is 7.93. The molecule has 0 bridgehead atoms. The van der Waals surface area contributed by atoms with Gasteiger partial charge < -0.3 is 9.47 Å². The second kappa shape index (κ2) is 8.81. The largest absolute Gasteiger partial charge is 0.573 e. The first-order valence-electron chi connectivity index (χ1n) is 8.12. The highest BCUT2D eigenvalue weighted by atomic mass is 32.2. The van der Waals surface area contributed by atoms with Crippen molar-refractivity contribution in [3.05, 3.63) is 34.5 Å². The van der Waals surface area contributed by atoms with Crippen LogP contribution in [0.5, 0.6) is 5.75 Å². The molecule has 1 aromatic carbocycles. The summed E-state index contributed by atoms with van der Waals surface area (Å²) in [5.74, 6) is -1.88. The molecule has 0 spiro atoms. The minimum absolute atomic E-state index is 0.249. The lowest BCUT2D eigenvalue weighted by Crippen LogP contribution is -2.18. The van der Waals surface area contributed by atoms with Gasteiger partial charge in [-0.3, -0.25) is 4.72 Å². The molecule has 1 aromatic heterocycles. The summed E-state index contributed by atoms with van der Waals surface area (Å²) in [6.07, 6.45) is -4.70. The number of benzene rings is 1. The average Bonchev–Trinajstić information content (AvgIpc) is 3.04. The van der Waals surface area contributed by atoms with Gasteiger partial charge in [0, 0.05) is 5.38 Å². The number of hydrogen-bond acceptors (Lipinski definition) is 8. The SMILES string of the molecule is CCCS(=O)(=O)c1csc(C(=O)OC)c1NS(=O)(=O)c1ccc(OC(F)(F)F)cc1. The third kappa shape index (κ3) is 5.64. The molecule has 0 radical (unpaired) electrons. The molecular formula is C16H16F3NO7S3.